The minimum atomic E-state index is -0.473. The van der Waals surface area contributed by atoms with Crippen LogP contribution in [0, 0.1) is 12.3 Å². The molecule has 1 radical (unpaired) electrons. The Kier molecular flexibility index (Phi) is 5.77. The third kappa shape index (κ3) is 4.94. The van der Waals surface area contributed by atoms with Crippen molar-refractivity contribution in [3.8, 4) is 0 Å². The number of amides is 1. The predicted octanol–water partition coefficient (Wildman–Crippen LogP) is 0.466. The van der Waals surface area contributed by atoms with E-state index >= 15 is 0 Å². The van der Waals surface area contributed by atoms with E-state index in [1.165, 1.54) is 0 Å². The molecular weight excluding hydrogens is 204 g/mol. The van der Waals surface area contributed by atoms with E-state index in [4.69, 9.17) is 0 Å². The lowest BCUT2D eigenvalue weighted by Gasteiger charge is -2.21. The highest BCUT2D eigenvalue weighted by atomic mass is 16.3. The Hall–Kier alpha value is -0.610. The number of aliphatic hydroxyl groups is 1. The first kappa shape index (κ1) is 13.5. The minimum Gasteiger partial charge on any atom is -0.390 e. The van der Waals surface area contributed by atoms with E-state index in [1.807, 2.05) is 0 Å². The number of nitrogens with one attached hydrogen (secondary N) is 2. The second-order valence-electron chi connectivity index (χ2n) is 4.86. The number of β-amino-alcohol motifs (C(OH)–C–C–N with tert-alkyl or cyclic N) is 1. The zero-order valence-electron chi connectivity index (χ0n) is 10.2. The number of aliphatic hydroxyl groups excluding tert-OH is 1. The van der Waals surface area contributed by atoms with Gasteiger partial charge < -0.3 is 15.7 Å². The van der Waals surface area contributed by atoms with E-state index in [1.54, 1.807) is 6.42 Å². The predicted molar refractivity (Wildman–Crippen MR) is 63.8 cm³/mol. The van der Waals surface area contributed by atoms with Crippen molar-refractivity contribution >= 4 is 5.91 Å². The van der Waals surface area contributed by atoms with Gasteiger partial charge in [-0.2, -0.15) is 0 Å². The maximum atomic E-state index is 11.6. The Bertz CT molecular complexity index is 219. The molecule has 1 saturated heterocycles. The van der Waals surface area contributed by atoms with Crippen molar-refractivity contribution in [2.45, 2.75) is 45.3 Å². The third-order valence-electron chi connectivity index (χ3n) is 2.79. The van der Waals surface area contributed by atoms with Crippen molar-refractivity contribution in [3.63, 3.8) is 0 Å². The maximum absolute atomic E-state index is 11.6. The van der Waals surface area contributed by atoms with Gasteiger partial charge in [0, 0.05) is 13.0 Å². The lowest BCUT2D eigenvalue weighted by Crippen LogP contribution is -2.45. The van der Waals surface area contributed by atoms with Crippen LogP contribution in [-0.4, -0.2) is 36.2 Å². The largest absolute Gasteiger partial charge is 0.390 e. The van der Waals surface area contributed by atoms with Gasteiger partial charge in [-0.05, 0) is 31.7 Å². The highest BCUT2D eigenvalue weighted by Gasteiger charge is 2.22. The van der Waals surface area contributed by atoms with Crippen LogP contribution in [0.1, 0.15) is 33.1 Å². The highest BCUT2D eigenvalue weighted by molar-refractivity contribution is 5.84. The smallest absolute Gasteiger partial charge is 0.224 e. The molecule has 0 aliphatic carbocycles. The molecule has 0 aromatic rings. The second-order valence-corrected chi connectivity index (χ2v) is 4.86. The average molecular weight is 227 g/mol. The van der Waals surface area contributed by atoms with Crippen LogP contribution in [0.25, 0.3) is 0 Å². The van der Waals surface area contributed by atoms with E-state index in [-0.39, 0.29) is 11.9 Å². The molecular formula is C12H23N2O2. The molecule has 16 heavy (non-hydrogen) atoms. The van der Waals surface area contributed by atoms with Crippen molar-refractivity contribution in [1.29, 1.82) is 0 Å². The monoisotopic (exact) mass is 227 g/mol. The lowest BCUT2D eigenvalue weighted by atomic mass is 10.0. The molecule has 1 aliphatic rings. The lowest BCUT2D eigenvalue weighted by molar-refractivity contribution is -0.119. The molecule has 1 rings (SSSR count). The molecule has 0 saturated carbocycles. The summed E-state index contributed by atoms with van der Waals surface area (Å²) < 4.78 is 0. The van der Waals surface area contributed by atoms with Crippen molar-refractivity contribution in [1.82, 2.24) is 10.6 Å². The van der Waals surface area contributed by atoms with Gasteiger partial charge in [-0.25, -0.2) is 0 Å². The number of rotatable bonds is 4. The van der Waals surface area contributed by atoms with E-state index in [9.17, 15) is 9.90 Å². The molecule has 1 unspecified atom stereocenters. The molecule has 0 spiro atoms. The molecule has 4 heteroatoms. The zero-order valence-corrected chi connectivity index (χ0v) is 10.2. The molecule has 1 fully saturated rings. The summed E-state index contributed by atoms with van der Waals surface area (Å²) in [6.07, 6.45) is 3.82. The van der Waals surface area contributed by atoms with Gasteiger partial charge in [0.05, 0.1) is 12.1 Å². The van der Waals surface area contributed by atoms with Crippen molar-refractivity contribution in [3.05, 3.63) is 6.42 Å². The Morgan fingerprint density at radius 3 is 3.06 bits per heavy atom. The summed E-state index contributed by atoms with van der Waals surface area (Å²) in [5.41, 5.74) is 0. The summed E-state index contributed by atoms with van der Waals surface area (Å²) in [5, 5.41) is 15.8. The van der Waals surface area contributed by atoms with Crippen LogP contribution in [0.4, 0.5) is 0 Å². The molecule has 4 nitrogen and oxygen atoms in total. The topological polar surface area (TPSA) is 61.4 Å². The average Bonchev–Trinajstić information content (AvgIpc) is 2.42. The standard InChI is InChI=1S/C12H23N2O2/c1-9(2)5-6-12(16)14-10-4-3-7-13-8-11(10)15/h6,9-11,13,15H,3-5,7-8H2,1-2H3,(H,14,16)/t10?,11-/m0/s1. The molecule has 2 atom stereocenters. The van der Waals surface area contributed by atoms with Gasteiger partial charge in [0.1, 0.15) is 0 Å². The van der Waals surface area contributed by atoms with Gasteiger partial charge in [-0.1, -0.05) is 13.8 Å². The fraction of sp³-hybridized carbons (Fsp3) is 0.833. The summed E-state index contributed by atoms with van der Waals surface area (Å²) in [6, 6.07) is -0.106. The van der Waals surface area contributed by atoms with Crippen LogP contribution in [0.3, 0.4) is 0 Å². The van der Waals surface area contributed by atoms with E-state index in [0.29, 0.717) is 12.5 Å². The number of carbonyl (C=O) groups is 1. The summed E-state index contributed by atoms with van der Waals surface area (Å²) in [5.74, 6) is 0.436. The zero-order chi connectivity index (χ0) is 12.0. The molecule has 3 N–H and O–H groups in total. The first-order chi connectivity index (χ1) is 7.59. The minimum absolute atomic E-state index is 0.0559. The van der Waals surface area contributed by atoms with Gasteiger partial charge in [0.15, 0.2) is 0 Å². The van der Waals surface area contributed by atoms with Crippen LogP contribution in [0.2, 0.25) is 0 Å². The fourth-order valence-corrected chi connectivity index (χ4v) is 1.78. The summed E-state index contributed by atoms with van der Waals surface area (Å²) in [6.45, 7) is 5.64. The van der Waals surface area contributed by atoms with Crippen LogP contribution in [0.5, 0.6) is 0 Å². The fourth-order valence-electron chi connectivity index (χ4n) is 1.78. The molecule has 0 aromatic carbocycles. The molecule has 0 aromatic heterocycles. The summed E-state index contributed by atoms with van der Waals surface area (Å²) >= 11 is 0. The van der Waals surface area contributed by atoms with Crippen LogP contribution in [-0.2, 0) is 4.79 Å². The van der Waals surface area contributed by atoms with E-state index in [0.717, 1.165) is 25.8 Å². The van der Waals surface area contributed by atoms with E-state index in [2.05, 4.69) is 24.5 Å². The third-order valence-corrected chi connectivity index (χ3v) is 2.79. The van der Waals surface area contributed by atoms with Gasteiger partial charge in [0.2, 0.25) is 5.91 Å². The Balaban J connectivity index is 2.30. The van der Waals surface area contributed by atoms with Gasteiger partial charge in [0.25, 0.3) is 0 Å². The SMILES string of the molecule is CC(C)C[CH]C(=O)NC1CCCNC[C@@H]1O. The van der Waals surface area contributed by atoms with Gasteiger partial charge in [-0.15, -0.1) is 0 Å². The second kappa shape index (κ2) is 6.86. The number of hydrogen-bond acceptors (Lipinski definition) is 3. The van der Waals surface area contributed by atoms with Gasteiger partial charge >= 0.3 is 0 Å². The summed E-state index contributed by atoms with van der Waals surface area (Å²) in [7, 11) is 0. The van der Waals surface area contributed by atoms with E-state index < -0.39 is 6.10 Å². The summed E-state index contributed by atoms with van der Waals surface area (Å²) in [4.78, 5) is 11.6. The Morgan fingerprint density at radius 2 is 2.38 bits per heavy atom. The van der Waals surface area contributed by atoms with Crippen LogP contribution >= 0.6 is 0 Å². The molecule has 1 amide bonds. The first-order valence-electron chi connectivity index (χ1n) is 6.12. The molecule has 1 heterocycles. The van der Waals surface area contributed by atoms with Gasteiger partial charge in [-0.3, -0.25) is 4.79 Å². The van der Waals surface area contributed by atoms with Crippen molar-refractivity contribution in [2.24, 2.45) is 5.92 Å². The first-order valence-corrected chi connectivity index (χ1v) is 6.12. The highest BCUT2D eigenvalue weighted by Crippen LogP contribution is 2.07. The van der Waals surface area contributed by atoms with Crippen LogP contribution in [0.15, 0.2) is 0 Å². The van der Waals surface area contributed by atoms with Crippen molar-refractivity contribution < 1.29 is 9.90 Å². The maximum Gasteiger partial charge on any atom is 0.224 e. The van der Waals surface area contributed by atoms with Crippen LogP contribution < -0.4 is 10.6 Å². The number of carbonyl (C=O) groups excluding carboxylic acids is 1. The normalized spacial score (nSPS) is 26.5. The molecule has 0 bridgehead atoms. The molecule has 1 aliphatic heterocycles. The Morgan fingerprint density at radius 1 is 1.62 bits per heavy atom. The number of hydrogen-bond donors (Lipinski definition) is 3. The molecule has 93 valence electrons. The van der Waals surface area contributed by atoms with Crippen molar-refractivity contribution in [2.75, 3.05) is 13.1 Å². The Labute approximate surface area is 97.8 Å². The quantitative estimate of drug-likeness (QED) is 0.654.